The van der Waals surface area contributed by atoms with Crippen molar-refractivity contribution in [1.82, 2.24) is 0 Å². The minimum absolute atomic E-state index is 0.0170. The first kappa shape index (κ1) is 16.6. The molecular weight excluding hydrogens is 270 g/mol. The third-order valence-electron chi connectivity index (χ3n) is 2.31. The molecule has 0 aliphatic carbocycles. The summed E-state index contributed by atoms with van der Waals surface area (Å²) in [5.41, 5.74) is 2.55. The molecule has 2 N–H and O–H groups in total. The molecule has 1 aromatic carbocycles. The van der Waals surface area contributed by atoms with Crippen LogP contribution in [0.4, 0.5) is 5.69 Å². The van der Waals surface area contributed by atoms with Gasteiger partial charge in [-0.1, -0.05) is 32.6 Å². The summed E-state index contributed by atoms with van der Waals surface area (Å²) in [4.78, 5) is 11.9. The van der Waals surface area contributed by atoms with E-state index < -0.39 is 0 Å². The van der Waals surface area contributed by atoms with Crippen molar-refractivity contribution < 1.29 is 9.90 Å². The number of nitrogens with one attached hydrogen (secondary N) is 1. The average Bonchev–Trinajstić information content (AvgIpc) is 2.32. The van der Waals surface area contributed by atoms with Crippen LogP contribution in [0.25, 0.3) is 0 Å². The molecule has 0 atom stereocenters. The van der Waals surface area contributed by atoms with Crippen molar-refractivity contribution >= 4 is 23.4 Å². The standard InChI is InChI=1S/C16H21NO2S/c1-12-8-13(6-5-7-18)10-14(9-12)17-15(19)11-20-16(2,3)4/h8-10,18H,7,11H2,1-4H3,(H,17,19). The van der Waals surface area contributed by atoms with Crippen LogP contribution >= 0.6 is 11.8 Å². The molecule has 1 aromatic rings. The topological polar surface area (TPSA) is 49.3 Å². The molecule has 1 rings (SSSR count). The molecule has 0 aliphatic rings. The van der Waals surface area contributed by atoms with Crippen molar-refractivity contribution in [3.05, 3.63) is 29.3 Å². The van der Waals surface area contributed by atoms with Gasteiger partial charge in [0.2, 0.25) is 5.91 Å². The first-order valence-electron chi connectivity index (χ1n) is 6.45. The summed E-state index contributed by atoms with van der Waals surface area (Å²) in [6.07, 6.45) is 0. The first-order chi connectivity index (χ1) is 9.30. The number of benzene rings is 1. The maximum absolute atomic E-state index is 11.9. The molecule has 0 saturated heterocycles. The van der Waals surface area contributed by atoms with Crippen molar-refractivity contribution in [2.45, 2.75) is 32.4 Å². The second-order valence-electron chi connectivity index (χ2n) is 5.50. The van der Waals surface area contributed by atoms with Crippen LogP contribution < -0.4 is 5.32 Å². The van der Waals surface area contributed by atoms with Crippen molar-refractivity contribution in [2.75, 3.05) is 17.7 Å². The number of hydrogen-bond donors (Lipinski definition) is 2. The van der Waals surface area contributed by atoms with Crippen LogP contribution in [0.3, 0.4) is 0 Å². The molecule has 0 unspecified atom stereocenters. The summed E-state index contributed by atoms with van der Waals surface area (Å²) in [5.74, 6) is 5.86. The SMILES string of the molecule is Cc1cc(C#CCO)cc(NC(=O)CSC(C)(C)C)c1. The highest BCUT2D eigenvalue weighted by molar-refractivity contribution is 8.01. The van der Waals surface area contributed by atoms with E-state index in [-0.39, 0.29) is 17.3 Å². The first-order valence-corrected chi connectivity index (χ1v) is 7.44. The van der Waals surface area contributed by atoms with E-state index in [0.29, 0.717) is 5.75 Å². The Bertz CT molecular complexity index is 536. The molecule has 108 valence electrons. The molecule has 0 bridgehead atoms. The smallest absolute Gasteiger partial charge is 0.234 e. The third kappa shape index (κ3) is 6.65. The number of thioether (sulfide) groups is 1. The maximum Gasteiger partial charge on any atom is 0.234 e. The summed E-state index contributed by atoms with van der Waals surface area (Å²) >= 11 is 1.61. The fourth-order valence-corrected chi connectivity index (χ4v) is 2.18. The second kappa shape index (κ2) is 7.37. The Balaban J connectivity index is 2.72. The summed E-state index contributed by atoms with van der Waals surface area (Å²) < 4.78 is 0.0711. The molecule has 0 aromatic heterocycles. The van der Waals surface area contributed by atoms with Crippen LogP contribution in [0.1, 0.15) is 31.9 Å². The Morgan fingerprint density at radius 2 is 2.05 bits per heavy atom. The minimum Gasteiger partial charge on any atom is -0.384 e. The highest BCUT2D eigenvalue weighted by Gasteiger charge is 2.13. The second-order valence-corrected chi connectivity index (χ2v) is 7.30. The zero-order valence-corrected chi connectivity index (χ0v) is 13.2. The normalized spacial score (nSPS) is 10.7. The fourth-order valence-electron chi connectivity index (χ4n) is 1.55. The largest absolute Gasteiger partial charge is 0.384 e. The molecule has 20 heavy (non-hydrogen) atoms. The predicted molar refractivity (Wildman–Crippen MR) is 86.0 cm³/mol. The van der Waals surface area contributed by atoms with Crippen LogP contribution in [-0.4, -0.2) is 28.1 Å². The molecule has 0 saturated carbocycles. The summed E-state index contributed by atoms with van der Waals surface area (Å²) in [7, 11) is 0. The van der Waals surface area contributed by atoms with E-state index in [0.717, 1.165) is 16.8 Å². The number of rotatable bonds is 3. The molecule has 0 spiro atoms. The Kier molecular flexibility index (Phi) is 6.12. The number of aliphatic hydroxyl groups excluding tert-OH is 1. The van der Waals surface area contributed by atoms with E-state index in [9.17, 15) is 4.79 Å². The third-order valence-corrected chi connectivity index (χ3v) is 3.58. The maximum atomic E-state index is 11.9. The number of carbonyl (C=O) groups is 1. The number of hydrogen-bond acceptors (Lipinski definition) is 3. The molecule has 1 amide bonds. The van der Waals surface area contributed by atoms with Crippen molar-refractivity contribution in [3.8, 4) is 11.8 Å². The Morgan fingerprint density at radius 1 is 1.35 bits per heavy atom. The van der Waals surface area contributed by atoms with E-state index in [1.165, 1.54) is 0 Å². The summed E-state index contributed by atoms with van der Waals surface area (Å²) in [6.45, 7) is 8.03. The van der Waals surface area contributed by atoms with Gasteiger partial charge >= 0.3 is 0 Å². The van der Waals surface area contributed by atoms with Gasteiger partial charge in [0, 0.05) is 16.0 Å². The number of aliphatic hydroxyl groups is 1. The molecule has 0 radical (unpaired) electrons. The number of amides is 1. The Hall–Kier alpha value is -1.44. The van der Waals surface area contributed by atoms with Crippen LogP contribution in [-0.2, 0) is 4.79 Å². The molecular formula is C16H21NO2S. The van der Waals surface area contributed by atoms with E-state index in [1.54, 1.807) is 11.8 Å². The van der Waals surface area contributed by atoms with Gasteiger partial charge in [-0.2, -0.15) is 0 Å². The van der Waals surface area contributed by atoms with Gasteiger partial charge in [-0.25, -0.2) is 0 Å². The van der Waals surface area contributed by atoms with E-state index in [2.05, 4.69) is 37.9 Å². The quantitative estimate of drug-likeness (QED) is 0.842. The summed E-state index contributed by atoms with van der Waals surface area (Å²) in [6, 6.07) is 5.64. The van der Waals surface area contributed by atoms with E-state index in [1.807, 2.05) is 25.1 Å². The summed E-state index contributed by atoms with van der Waals surface area (Å²) in [5, 5.41) is 11.6. The lowest BCUT2D eigenvalue weighted by molar-refractivity contribution is -0.113. The van der Waals surface area contributed by atoms with Crippen LogP contribution in [0, 0.1) is 18.8 Å². The average molecular weight is 291 g/mol. The van der Waals surface area contributed by atoms with E-state index in [4.69, 9.17) is 5.11 Å². The number of aryl methyl sites for hydroxylation is 1. The molecule has 3 nitrogen and oxygen atoms in total. The van der Waals surface area contributed by atoms with Gasteiger partial charge in [-0.15, -0.1) is 11.8 Å². The lowest BCUT2D eigenvalue weighted by Gasteiger charge is -2.17. The van der Waals surface area contributed by atoms with Gasteiger partial charge in [-0.3, -0.25) is 4.79 Å². The highest BCUT2D eigenvalue weighted by atomic mass is 32.2. The lowest BCUT2D eigenvalue weighted by atomic mass is 10.1. The lowest BCUT2D eigenvalue weighted by Crippen LogP contribution is -2.19. The van der Waals surface area contributed by atoms with E-state index >= 15 is 0 Å². The monoisotopic (exact) mass is 291 g/mol. The zero-order valence-electron chi connectivity index (χ0n) is 12.4. The van der Waals surface area contributed by atoms with Gasteiger partial charge in [0.25, 0.3) is 0 Å². The van der Waals surface area contributed by atoms with Crippen molar-refractivity contribution in [2.24, 2.45) is 0 Å². The van der Waals surface area contributed by atoms with Crippen LogP contribution in [0.5, 0.6) is 0 Å². The van der Waals surface area contributed by atoms with Gasteiger partial charge in [0.05, 0.1) is 5.75 Å². The van der Waals surface area contributed by atoms with Crippen LogP contribution in [0.15, 0.2) is 18.2 Å². The highest BCUT2D eigenvalue weighted by Crippen LogP contribution is 2.23. The van der Waals surface area contributed by atoms with Gasteiger partial charge in [0.15, 0.2) is 0 Å². The van der Waals surface area contributed by atoms with Crippen molar-refractivity contribution in [3.63, 3.8) is 0 Å². The number of carbonyl (C=O) groups excluding carboxylic acids is 1. The molecule has 0 aliphatic heterocycles. The molecule has 4 heteroatoms. The Labute approximate surface area is 125 Å². The van der Waals surface area contributed by atoms with Gasteiger partial charge in [-0.05, 0) is 30.7 Å². The minimum atomic E-state index is -0.169. The molecule has 0 heterocycles. The molecule has 0 fully saturated rings. The van der Waals surface area contributed by atoms with Crippen molar-refractivity contribution in [1.29, 1.82) is 0 Å². The zero-order chi connectivity index (χ0) is 15.2. The predicted octanol–water partition coefficient (Wildman–Crippen LogP) is 2.81. The number of anilines is 1. The van der Waals surface area contributed by atoms with Gasteiger partial charge < -0.3 is 10.4 Å². The Morgan fingerprint density at radius 3 is 2.65 bits per heavy atom. The van der Waals surface area contributed by atoms with Gasteiger partial charge in [0.1, 0.15) is 6.61 Å². The fraction of sp³-hybridized carbons (Fsp3) is 0.438. The van der Waals surface area contributed by atoms with Crippen LogP contribution in [0.2, 0.25) is 0 Å².